The lowest BCUT2D eigenvalue weighted by atomic mass is 9.83. The standard InChI is InChI=1S/C24H32N2O2/c1-15-9-11-19(21(27)13-15)17(3)25-23(5,6)24(7,8)26-18(4)20-12-10-16(2)14-22(20)28/h9-14,27-28H,1-8H3. The van der Waals surface area contributed by atoms with Gasteiger partial charge in [-0.25, -0.2) is 0 Å². The summed E-state index contributed by atoms with van der Waals surface area (Å²) in [5.41, 5.74) is 3.94. The fourth-order valence-electron chi connectivity index (χ4n) is 3.13. The molecule has 4 heteroatoms. The summed E-state index contributed by atoms with van der Waals surface area (Å²) in [6.45, 7) is 15.8. The van der Waals surface area contributed by atoms with Crippen molar-refractivity contribution < 1.29 is 10.2 Å². The number of phenols is 2. The van der Waals surface area contributed by atoms with Crippen molar-refractivity contribution in [2.24, 2.45) is 9.98 Å². The molecule has 0 spiro atoms. The minimum absolute atomic E-state index is 0.235. The van der Waals surface area contributed by atoms with E-state index in [9.17, 15) is 10.2 Å². The highest BCUT2D eigenvalue weighted by Crippen LogP contribution is 2.32. The molecule has 0 amide bonds. The predicted octanol–water partition coefficient (Wildman–Crippen LogP) is 5.59. The van der Waals surface area contributed by atoms with E-state index >= 15 is 0 Å². The molecule has 2 aromatic carbocycles. The van der Waals surface area contributed by atoms with Crippen LogP contribution in [0.25, 0.3) is 0 Å². The van der Waals surface area contributed by atoms with Crippen LogP contribution in [0, 0.1) is 13.8 Å². The summed E-state index contributed by atoms with van der Waals surface area (Å²) in [5, 5.41) is 20.5. The summed E-state index contributed by atoms with van der Waals surface area (Å²) in [6, 6.07) is 11.2. The van der Waals surface area contributed by atoms with Gasteiger partial charge in [-0.1, -0.05) is 12.1 Å². The monoisotopic (exact) mass is 380 g/mol. The van der Waals surface area contributed by atoms with Crippen LogP contribution in [0.4, 0.5) is 0 Å². The van der Waals surface area contributed by atoms with Gasteiger partial charge in [0.2, 0.25) is 0 Å². The third-order valence-electron chi connectivity index (χ3n) is 5.48. The highest BCUT2D eigenvalue weighted by atomic mass is 16.3. The van der Waals surface area contributed by atoms with Crippen LogP contribution in [0.5, 0.6) is 11.5 Å². The maximum Gasteiger partial charge on any atom is 0.124 e. The summed E-state index contributed by atoms with van der Waals surface area (Å²) in [5.74, 6) is 0.471. The summed E-state index contributed by atoms with van der Waals surface area (Å²) in [6.07, 6.45) is 0. The number of nitrogens with zero attached hydrogens (tertiary/aromatic N) is 2. The molecule has 0 heterocycles. The van der Waals surface area contributed by atoms with E-state index in [1.807, 2.05) is 79.7 Å². The summed E-state index contributed by atoms with van der Waals surface area (Å²) in [4.78, 5) is 9.82. The van der Waals surface area contributed by atoms with Crippen LogP contribution in [0.15, 0.2) is 46.4 Å². The summed E-state index contributed by atoms with van der Waals surface area (Å²) < 4.78 is 0. The van der Waals surface area contributed by atoms with Crippen molar-refractivity contribution in [2.75, 3.05) is 0 Å². The van der Waals surface area contributed by atoms with Crippen LogP contribution in [0.3, 0.4) is 0 Å². The molecule has 2 N–H and O–H groups in total. The first kappa shape index (κ1) is 21.7. The first-order chi connectivity index (χ1) is 12.8. The molecule has 28 heavy (non-hydrogen) atoms. The van der Waals surface area contributed by atoms with Gasteiger partial charge < -0.3 is 10.2 Å². The molecule has 0 saturated carbocycles. The Morgan fingerprint density at radius 2 is 1.00 bits per heavy atom. The van der Waals surface area contributed by atoms with Gasteiger partial charge in [-0.05, 0) is 90.8 Å². The van der Waals surface area contributed by atoms with Gasteiger partial charge in [0.25, 0.3) is 0 Å². The number of phenolic OH excluding ortho intramolecular Hbond substituents is 2. The Morgan fingerprint density at radius 3 is 1.29 bits per heavy atom. The average molecular weight is 381 g/mol. The molecule has 0 bridgehead atoms. The van der Waals surface area contributed by atoms with Gasteiger partial charge in [-0.15, -0.1) is 0 Å². The molecular formula is C24H32N2O2. The van der Waals surface area contributed by atoms with E-state index in [1.165, 1.54) is 0 Å². The topological polar surface area (TPSA) is 65.2 Å². The zero-order valence-electron chi connectivity index (χ0n) is 18.3. The van der Waals surface area contributed by atoms with Crippen LogP contribution < -0.4 is 0 Å². The van der Waals surface area contributed by atoms with Crippen LogP contribution in [0.1, 0.15) is 63.8 Å². The molecule has 2 rings (SSSR count). The zero-order chi connectivity index (χ0) is 21.3. The normalized spacial score (nSPS) is 13.7. The Bertz CT molecular complexity index is 860. The fraction of sp³-hybridized carbons (Fsp3) is 0.417. The minimum atomic E-state index is -0.532. The van der Waals surface area contributed by atoms with Gasteiger partial charge >= 0.3 is 0 Å². The Kier molecular flexibility index (Phi) is 6.03. The Morgan fingerprint density at radius 1 is 0.679 bits per heavy atom. The second-order valence-corrected chi connectivity index (χ2v) is 8.55. The molecule has 0 aliphatic rings. The van der Waals surface area contributed by atoms with Gasteiger partial charge in [-0.3, -0.25) is 9.98 Å². The van der Waals surface area contributed by atoms with Gasteiger partial charge in [0.1, 0.15) is 11.5 Å². The van der Waals surface area contributed by atoms with Crippen molar-refractivity contribution in [3.63, 3.8) is 0 Å². The van der Waals surface area contributed by atoms with Crippen molar-refractivity contribution >= 4 is 11.4 Å². The molecule has 0 saturated heterocycles. The summed E-state index contributed by atoms with van der Waals surface area (Å²) >= 11 is 0. The number of hydrogen-bond donors (Lipinski definition) is 2. The first-order valence-electron chi connectivity index (χ1n) is 9.57. The van der Waals surface area contributed by atoms with E-state index in [4.69, 9.17) is 9.98 Å². The number of aliphatic imine (C=N–C) groups is 2. The minimum Gasteiger partial charge on any atom is -0.507 e. The van der Waals surface area contributed by atoms with Crippen LogP contribution in [-0.4, -0.2) is 32.7 Å². The molecule has 4 nitrogen and oxygen atoms in total. The Labute approximate surface area is 168 Å². The van der Waals surface area contributed by atoms with E-state index in [2.05, 4.69) is 0 Å². The molecule has 0 radical (unpaired) electrons. The smallest absolute Gasteiger partial charge is 0.124 e. The van der Waals surface area contributed by atoms with Crippen molar-refractivity contribution in [1.82, 2.24) is 0 Å². The van der Waals surface area contributed by atoms with Gasteiger partial charge in [0, 0.05) is 22.6 Å². The largest absolute Gasteiger partial charge is 0.507 e. The predicted molar refractivity (Wildman–Crippen MR) is 118 cm³/mol. The van der Waals surface area contributed by atoms with E-state index in [1.54, 1.807) is 12.1 Å². The highest BCUT2D eigenvalue weighted by molar-refractivity contribution is 6.02. The lowest BCUT2D eigenvalue weighted by molar-refractivity contribution is 0.315. The SMILES string of the molecule is CC(=NC(C)(C)C(C)(C)N=C(C)c1ccc(C)cc1O)c1ccc(C)cc1O. The molecule has 0 unspecified atom stereocenters. The Balaban J connectivity index is 2.41. The maximum atomic E-state index is 10.3. The van der Waals surface area contributed by atoms with E-state index in [-0.39, 0.29) is 11.5 Å². The van der Waals surface area contributed by atoms with E-state index in [0.717, 1.165) is 33.7 Å². The van der Waals surface area contributed by atoms with E-state index in [0.29, 0.717) is 0 Å². The van der Waals surface area contributed by atoms with Crippen molar-refractivity contribution in [2.45, 2.75) is 66.5 Å². The number of rotatable bonds is 5. The maximum absolute atomic E-state index is 10.3. The first-order valence-corrected chi connectivity index (χ1v) is 9.57. The van der Waals surface area contributed by atoms with Crippen LogP contribution in [0.2, 0.25) is 0 Å². The molecule has 150 valence electrons. The van der Waals surface area contributed by atoms with Crippen molar-refractivity contribution in [3.05, 3.63) is 58.7 Å². The fourth-order valence-corrected chi connectivity index (χ4v) is 3.13. The Hall–Kier alpha value is -2.62. The molecule has 0 aliphatic heterocycles. The number of hydrogen-bond acceptors (Lipinski definition) is 4. The van der Waals surface area contributed by atoms with Gasteiger partial charge in [-0.2, -0.15) is 0 Å². The van der Waals surface area contributed by atoms with Crippen LogP contribution in [-0.2, 0) is 0 Å². The molecule has 0 atom stereocenters. The molecule has 0 aromatic heterocycles. The second kappa shape index (κ2) is 7.78. The van der Waals surface area contributed by atoms with Crippen LogP contribution >= 0.6 is 0 Å². The molecule has 0 aliphatic carbocycles. The molecular weight excluding hydrogens is 348 g/mol. The summed E-state index contributed by atoms with van der Waals surface area (Å²) in [7, 11) is 0. The lowest BCUT2D eigenvalue weighted by Gasteiger charge is -2.36. The highest BCUT2D eigenvalue weighted by Gasteiger charge is 2.37. The third-order valence-corrected chi connectivity index (χ3v) is 5.48. The van der Waals surface area contributed by atoms with Gasteiger partial charge in [0.05, 0.1) is 11.1 Å². The number of aromatic hydroxyl groups is 2. The number of benzene rings is 2. The number of aryl methyl sites for hydroxylation is 2. The molecule has 0 fully saturated rings. The second-order valence-electron chi connectivity index (χ2n) is 8.55. The average Bonchev–Trinajstić information content (AvgIpc) is 2.53. The zero-order valence-corrected chi connectivity index (χ0v) is 18.3. The van der Waals surface area contributed by atoms with Crippen molar-refractivity contribution in [1.29, 1.82) is 0 Å². The molecule has 2 aromatic rings. The lowest BCUT2D eigenvalue weighted by Crippen LogP contribution is -2.43. The van der Waals surface area contributed by atoms with Gasteiger partial charge in [0.15, 0.2) is 0 Å². The third kappa shape index (κ3) is 4.61. The van der Waals surface area contributed by atoms with E-state index < -0.39 is 11.1 Å². The quantitative estimate of drug-likeness (QED) is 0.664. The van der Waals surface area contributed by atoms with Crippen molar-refractivity contribution in [3.8, 4) is 11.5 Å².